The molecule has 1 saturated heterocycles. The molecule has 0 aromatic heterocycles. The number of para-hydroxylation sites is 1. The number of carbonyl (C=O) groups is 1. The summed E-state index contributed by atoms with van der Waals surface area (Å²) in [5.74, 6) is -0.227. The lowest BCUT2D eigenvalue weighted by molar-refractivity contribution is 0.112. The van der Waals surface area contributed by atoms with Gasteiger partial charge in [0.05, 0.1) is 11.8 Å². The Bertz CT molecular complexity index is 420. The summed E-state index contributed by atoms with van der Waals surface area (Å²) in [6, 6.07) is 4.50. The van der Waals surface area contributed by atoms with Crippen LogP contribution in [0.3, 0.4) is 0 Å². The van der Waals surface area contributed by atoms with E-state index in [-0.39, 0.29) is 11.7 Å². The molecule has 92 valence electrons. The van der Waals surface area contributed by atoms with Gasteiger partial charge in [0, 0.05) is 24.6 Å². The van der Waals surface area contributed by atoms with Gasteiger partial charge in [0.1, 0.15) is 5.82 Å². The lowest BCUT2D eigenvalue weighted by Gasteiger charge is -2.21. The van der Waals surface area contributed by atoms with E-state index in [1.165, 1.54) is 12.1 Å². The number of rotatable bonds is 3. The van der Waals surface area contributed by atoms with Crippen LogP contribution in [-0.4, -0.2) is 30.6 Å². The zero-order valence-electron chi connectivity index (χ0n) is 9.77. The van der Waals surface area contributed by atoms with Gasteiger partial charge in [0.2, 0.25) is 0 Å². The van der Waals surface area contributed by atoms with Gasteiger partial charge >= 0.3 is 0 Å². The van der Waals surface area contributed by atoms with Crippen LogP contribution in [0.15, 0.2) is 18.2 Å². The van der Waals surface area contributed by atoms with Crippen molar-refractivity contribution in [3.63, 3.8) is 0 Å². The molecule has 1 aromatic carbocycles. The Hall–Kier alpha value is -1.42. The van der Waals surface area contributed by atoms with E-state index in [9.17, 15) is 14.3 Å². The van der Waals surface area contributed by atoms with Crippen molar-refractivity contribution in [1.82, 2.24) is 0 Å². The fraction of sp³-hybridized carbons (Fsp3) is 0.462. The van der Waals surface area contributed by atoms with Gasteiger partial charge in [-0.15, -0.1) is 0 Å². The lowest BCUT2D eigenvalue weighted by Crippen LogP contribution is -2.25. The monoisotopic (exact) mass is 237 g/mol. The molecule has 2 rings (SSSR count). The van der Waals surface area contributed by atoms with Gasteiger partial charge in [-0.1, -0.05) is 6.07 Å². The molecular weight excluding hydrogens is 221 g/mol. The van der Waals surface area contributed by atoms with Crippen LogP contribution in [0.4, 0.5) is 10.1 Å². The highest BCUT2D eigenvalue weighted by atomic mass is 19.1. The minimum Gasteiger partial charge on any atom is -0.393 e. The summed E-state index contributed by atoms with van der Waals surface area (Å²) in [6.45, 7) is 3.02. The molecule has 3 nitrogen and oxygen atoms in total. The third-order valence-electron chi connectivity index (χ3n) is 3.37. The molecule has 2 atom stereocenters. The maximum Gasteiger partial charge on any atom is 0.152 e. The van der Waals surface area contributed by atoms with Gasteiger partial charge in [-0.3, -0.25) is 4.79 Å². The van der Waals surface area contributed by atoms with Crippen LogP contribution in [0.25, 0.3) is 0 Å². The SMILES string of the molecule is CC(O)C1CCN(c2c(F)cccc2C=O)C1. The van der Waals surface area contributed by atoms with Crippen molar-refractivity contribution in [3.05, 3.63) is 29.6 Å². The van der Waals surface area contributed by atoms with Crippen LogP contribution in [0.1, 0.15) is 23.7 Å². The van der Waals surface area contributed by atoms with Gasteiger partial charge in [-0.25, -0.2) is 4.39 Å². The molecule has 0 amide bonds. The molecule has 17 heavy (non-hydrogen) atoms. The van der Waals surface area contributed by atoms with Crippen molar-refractivity contribution in [2.45, 2.75) is 19.4 Å². The summed E-state index contributed by atoms with van der Waals surface area (Å²) in [6.07, 6.45) is 1.10. The Morgan fingerprint density at radius 2 is 2.35 bits per heavy atom. The topological polar surface area (TPSA) is 40.5 Å². The fourth-order valence-electron chi connectivity index (χ4n) is 2.34. The van der Waals surface area contributed by atoms with Crippen LogP contribution in [0.5, 0.6) is 0 Å². The molecule has 0 aliphatic carbocycles. The second-order valence-electron chi connectivity index (χ2n) is 4.53. The summed E-state index contributed by atoms with van der Waals surface area (Å²) in [5, 5.41) is 9.52. The van der Waals surface area contributed by atoms with Crippen molar-refractivity contribution in [3.8, 4) is 0 Å². The first-order valence-electron chi connectivity index (χ1n) is 5.80. The molecule has 0 saturated carbocycles. The predicted molar refractivity (Wildman–Crippen MR) is 63.8 cm³/mol. The number of anilines is 1. The van der Waals surface area contributed by atoms with Gasteiger partial charge in [-0.05, 0) is 25.5 Å². The minimum absolute atomic E-state index is 0.147. The van der Waals surface area contributed by atoms with Crippen molar-refractivity contribution in [2.24, 2.45) is 5.92 Å². The van der Waals surface area contributed by atoms with Crippen molar-refractivity contribution < 1.29 is 14.3 Å². The molecule has 1 aromatic rings. The fourth-order valence-corrected chi connectivity index (χ4v) is 2.34. The molecule has 0 spiro atoms. The second kappa shape index (κ2) is 4.84. The molecule has 2 unspecified atom stereocenters. The quantitative estimate of drug-likeness (QED) is 0.815. The molecule has 0 radical (unpaired) electrons. The molecule has 1 fully saturated rings. The van der Waals surface area contributed by atoms with Crippen molar-refractivity contribution >= 4 is 12.0 Å². The normalized spacial score (nSPS) is 21.6. The smallest absolute Gasteiger partial charge is 0.152 e. The van der Waals surface area contributed by atoms with Crippen LogP contribution in [-0.2, 0) is 0 Å². The summed E-state index contributed by atoms with van der Waals surface area (Å²) >= 11 is 0. The number of aliphatic hydroxyl groups excluding tert-OH is 1. The maximum absolute atomic E-state index is 13.8. The summed E-state index contributed by atoms with van der Waals surface area (Å²) in [4.78, 5) is 12.8. The van der Waals surface area contributed by atoms with E-state index in [1.807, 2.05) is 4.90 Å². The largest absolute Gasteiger partial charge is 0.393 e. The Morgan fingerprint density at radius 1 is 1.59 bits per heavy atom. The highest BCUT2D eigenvalue weighted by molar-refractivity contribution is 5.85. The summed E-state index contributed by atoms with van der Waals surface area (Å²) in [5.41, 5.74) is 0.738. The van der Waals surface area contributed by atoms with E-state index in [4.69, 9.17) is 0 Å². The number of benzene rings is 1. The van der Waals surface area contributed by atoms with Gasteiger partial charge in [0.25, 0.3) is 0 Å². The molecule has 1 aliphatic rings. The van der Waals surface area contributed by atoms with E-state index < -0.39 is 6.10 Å². The van der Waals surface area contributed by atoms with Crippen LogP contribution in [0, 0.1) is 11.7 Å². The highest BCUT2D eigenvalue weighted by Gasteiger charge is 2.28. The Morgan fingerprint density at radius 3 is 2.94 bits per heavy atom. The zero-order chi connectivity index (χ0) is 12.4. The highest BCUT2D eigenvalue weighted by Crippen LogP contribution is 2.30. The summed E-state index contributed by atoms with van der Waals surface area (Å²) in [7, 11) is 0. The molecule has 0 bridgehead atoms. The number of nitrogens with zero attached hydrogens (tertiary/aromatic N) is 1. The number of halogens is 1. The molecule has 4 heteroatoms. The third-order valence-corrected chi connectivity index (χ3v) is 3.37. The van der Waals surface area contributed by atoms with E-state index in [0.717, 1.165) is 6.42 Å². The number of hydrogen-bond acceptors (Lipinski definition) is 3. The number of hydrogen-bond donors (Lipinski definition) is 1. The number of aldehydes is 1. The number of aliphatic hydroxyl groups is 1. The van der Waals surface area contributed by atoms with Gasteiger partial charge < -0.3 is 10.0 Å². The second-order valence-corrected chi connectivity index (χ2v) is 4.53. The first-order chi connectivity index (χ1) is 8.13. The van der Waals surface area contributed by atoms with E-state index in [0.29, 0.717) is 30.6 Å². The van der Waals surface area contributed by atoms with Gasteiger partial charge in [0.15, 0.2) is 6.29 Å². The van der Waals surface area contributed by atoms with E-state index in [2.05, 4.69) is 0 Å². The van der Waals surface area contributed by atoms with Crippen LogP contribution >= 0.6 is 0 Å². The van der Waals surface area contributed by atoms with Crippen LogP contribution in [0.2, 0.25) is 0 Å². The Kier molecular flexibility index (Phi) is 3.43. The molecule has 1 heterocycles. The van der Waals surface area contributed by atoms with Crippen LogP contribution < -0.4 is 4.90 Å². The van der Waals surface area contributed by atoms with Crippen molar-refractivity contribution in [2.75, 3.05) is 18.0 Å². The minimum atomic E-state index is -0.397. The molecule has 1 N–H and O–H groups in total. The lowest BCUT2D eigenvalue weighted by atomic mass is 10.0. The Balaban J connectivity index is 2.27. The number of carbonyl (C=O) groups excluding carboxylic acids is 1. The Labute approximate surface area is 99.9 Å². The average molecular weight is 237 g/mol. The third kappa shape index (κ3) is 2.31. The zero-order valence-corrected chi connectivity index (χ0v) is 9.77. The average Bonchev–Trinajstić information content (AvgIpc) is 2.77. The first kappa shape index (κ1) is 12.0. The van der Waals surface area contributed by atoms with E-state index >= 15 is 0 Å². The predicted octanol–water partition coefficient (Wildman–Crippen LogP) is 1.85. The maximum atomic E-state index is 13.8. The standard InChI is InChI=1S/C13H16FNO2/c1-9(17)10-5-6-15(7-10)13-11(8-16)3-2-4-12(13)14/h2-4,8-10,17H,5-7H2,1H3. The van der Waals surface area contributed by atoms with E-state index in [1.54, 1.807) is 13.0 Å². The molecule has 1 aliphatic heterocycles. The molecular formula is C13H16FNO2. The summed E-state index contributed by atoms with van der Waals surface area (Å²) < 4.78 is 13.8. The first-order valence-corrected chi connectivity index (χ1v) is 5.80. The van der Waals surface area contributed by atoms with Gasteiger partial charge in [-0.2, -0.15) is 0 Å². The van der Waals surface area contributed by atoms with Crippen molar-refractivity contribution in [1.29, 1.82) is 0 Å².